The molecule has 2 amide bonds. The van der Waals surface area contributed by atoms with Crippen LogP contribution in [0.5, 0.6) is 5.75 Å². The van der Waals surface area contributed by atoms with Gasteiger partial charge in [-0.3, -0.25) is 14.5 Å². The second kappa shape index (κ2) is 8.54. The first-order valence-corrected chi connectivity index (χ1v) is 9.56. The van der Waals surface area contributed by atoms with Gasteiger partial charge in [0, 0.05) is 18.7 Å². The van der Waals surface area contributed by atoms with Crippen LogP contribution in [0.25, 0.3) is 0 Å². The number of nitrogens with zero attached hydrogens (tertiary/aromatic N) is 1. The summed E-state index contributed by atoms with van der Waals surface area (Å²) in [6.07, 6.45) is 7.58. The summed E-state index contributed by atoms with van der Waals surface area (Å²) >= 11 is 0. The number of fused-ring (bicyclic) bond motifs is 1. The smallest absolute Gasteiger partial charge is 0.238 e. The fourth-order valence-corrected chi connectivity index (χ4v) is 4.39. The van der Waals surface area contributed by atoms with Crippen molar-refractivity contribution in [1.82, 2.24) is 4.90 Å². The van der Waals surface area contributed by atoms with E-state index in [1.54, 1.807) is 25.3 Å². The van der Waals surface area contributed by atoms with Crippen LogP contribution < -0.4 is 15.4 Å². The third kappa shape index (κ3) is 4.55. The number of amides is 2. The van der Waals surface area contributed by atoms with Gasteiger partial charge in [-0.1, -0.05) is 12.8 Å². The molecule has 1 aliphatic carbocycles. The fraction of sp³-hybridized carbons (Fsp3) is 0.600. The Morgan fingerprint density at radius 2 is 1.92 bits per heavy atom. The molecule has 0 unspecified atom stereocenters. The number of anilines is 2. The molecule has 2 atom stereocenters. The van der Waals surface area contributed by atoms with Gasteiger partial charge in [0.2, 0.25) is 11.8 Å². The molecular formula is C20H29N3O3. The van der Waals surface area contributed by atoms with Crippen LogP contribution in [-0.4, -0.2) is 43.0 Å². The van der Waals surface area contributed by atoms with Gasteiger partial charge in [0.05, 0.1) is 19.3 Å². The van der Waals surface area contributed by atoms with Gasteiger partial charge in [0.15, 0.2) is 0 Å². The van der Waals surface area contributed by atoms with Crippen LogP contribution in [0.15, 0.2) is 18.2 Å². The lowest BCUT2D eigenvalue weighted by Crippen LogP contribution is -2.49. The predicted octanol–water partition coefficient (Wildman–Crippen LogP) is 3.25. The Morgan fingerprint density at radius 1 is 1.15 bits per heavy atom. The summed E-state index contributed by atoms with van der Waals surface area (Å²) in [5.74, 6) is 1.16. The summed E-state index contributed by atoms with van der Waals surface area (Å²) in [4.78, 5) is 26.3. The quantitative estimate of drug-likeness (QED) is 0.847. The Balaban J connectivity index is 1.66. The zero-order chi connectivity index (χ0) is 18.5. The highest BCUT2D eigenvalue weighted by Gasteiger charge is 2.33. The molecule has 1 heterocycles. The third-order valence-corrected chi connectivity index (χ3v) is 5.50. The van der Waals surface area contributed by atoms with Crippen LogP contribution in [-0.2, 0) is 9.59 Å². The molecule has 6 heteroatoms. The Labute approximate surface area is 155 Å². The maximum absolute atomic E-state index is 12.7. The van der Waals surface area contributed by atoms with Crippen molar-refractivity contribution in [1.29, 1.82) is 0 Å². The molecule has 2 N–H and O–H groups in total. The number of rotatable bonds is 5. The fourth-order valence-electron chi connectivity index (χ4n) is 4.39. The third-order valence-electron chi connectivity index (χ3n) is 5.50. The van der Waals surface area contributed by atoms with Gasteiger partial charge >= 0.3 is 0 Å². The maximum Gasteiger partial charge on any atom is 0.238 e. The average molecular weight is 359 g/mol. The number of nitrogens with one attached hydrogen (secondary N) is 2. The molecule has 2 fully saturated rings. The zero-order valence-electron chi connectivity index (χ0n) is 15.7. The maximum atomic E-state index is 12.7. The molecule has 1 saturated heterocycles. The summed E-state index contributed by atoms with van der Waals surface area (Å²) in [5.41, 5.74) is 1.22. The Morgan fingerprint density at radius 3 is 2.69 bits per heavy atom. The van der Waals surface area contributed by atoms with Crippen LogP contribution in [0.3, 0.4) is 0 Å². The second-order valence-corrected chi connectivity index (χ2v) is 7.37. The van der Waals surface area contributed by atoms with Gasteiger partial charge in [-0.2, -0.15) is 0 Å². The predicted molar refractivity (Wildman–Crippen MR) is 102 cm³/mol. The number of hydrogen-bond donors (Lipinski definition) is 2. The molecule has 0 bridgehead atoms. The van der Waals surface area contributed by atoms with E-state index in [-0.39, 0.29) is 11.8 Å². The van der Waals surface area contributed by atoms with E-state index in [9.17, 15) is 9.59 Å². The SMILES string of the molecule is COc1ccc(NC(C)=O)cc1NC(=O)CN1CCC[C@@H]2CCCC[C@@H]21. The summed E-state index contributed by atoms with van der Waals surface area (Å²) < 4.78 is 5.34. The number of likely N-dealkylation sites (tertiary alicyclic amines) is 1. The molecular weight excluding hydrogens is 330 g/mol. The number of hydrogen-bond acceptors (Lipinski definition) is 4. The molecule has 0 spiro atoms. The zero-order valence-corrected chi connectivity index (χ0v) is 15.7. The molecule has 26 heavy (non-hydrogen) atoms. The minimum absolute atomic E-state index is 0.0329. The summed E-state index contributed by atoms with van der Waals surface area (Å²) in [7, 11) is 1.57. The standard InChI is InChI=1S/C20H29N3O3/c1-14(24)21-16-9-10-19(26-2)17(12-16)22-20(25)13-23-11-5-7-15-6-3-4-8-18(15)23/h9-10,12,15,18H,3-8,11,13H2,1-2H3,(H,21,24)(H,22,25)/t15-,18-/m0/s1. The number of methoxy groups -OCH3 is 1. The van der Waals surface area contributed by atoms with Gasteiger partial charge in [-0.15, -0.1) is 0 Å². The van der Waals surface area contributed by atoms with Gasteiger partial charge in [0.1, 0.15) is 5.75 Å². The van der Waals surface area contributed by atoms with E-state index in [0.717, 1.165) is 12.5 Å². The topological polar surface area (TPSA) is 70.7 Å². The van der Waals surface area contributed by atoms with Crippen molar-refractivity contribution in [2.75, 3.05) is 30.8 Å². The van der Waals surface area contributed by atoms with E-state index >= 15 is 0 Å². The minimum Gasteiger partial charge on any atom is -0.495 e. The lowest BCUT2D eigenvalue weighted by atomic mass is 9.78. The lowest BCUT2D eigenvalue weighted by molar-refractivity contribution is -0.119. The van der Waals surface area contributed by atoms with Crippen molar-refractivity contribution in [3.63, 3.8) is 0 Å². The first-order chi connectivity index (χ1) is 12.6. The van der Waals surface area contributed by atoms with Crippen LogP contribution in [0, 0.1) is 5.92 Å². The Kier molecular flexibility index (Phi) is 6.14. The van der Waals surface area contributed by atoms with Crippen molar-refractivity contribution in [2.45, 2.75) is 51.5 Å². The lowest BCUT2D eigenvalue weighted by Gasteiger charge is -2.43. The molecule has 0 aromatic heterocycles. The highest BCUT2D eigenvalue weighted by molar-refractivity contribution is 5.95. The molecule has 142 valence electrons. The number of carbonyl (C=O) groups is 2. The van der Waals surface area contributed by atoms with Crippen LogP contribution >= 0.6 is 0 Å². The summed E-state index contributed by atoms with van der Waals surface area (Å²) in [6.45, 7) is 2.87. The van der Waals surface area contributed by atoms with E-state index in [1.807, 2.05) is 0 Å². The van der Waals surface area contributed by atoms with E-state index in [2.05, 4.69) is 15.5 Å². The second-order valence-electron chi connectivity index (χ2n) is 7.37. The van der Waals surface area contributed by atoms with E-state index < -0.39 is 0 Å². The molecule has 3 rings (SSSR count). The van der Waals surface area contributed by atoms with Crippen LogP contribution in [0.2, 0.25) is 0 Å². The van der Waals surface area contributed by atoms with Crippen LogP contribution in [0.4, 0.5) is 11.4 Å². The molecule has 6 nitrogen and oxygen atoms in total. The largest absolute Gasteiger partial charge is 0.495 e. The van der Waals surface area contributed by atoms with Gasteiger partial charge in [-0.25, -0.2) is 0 Å². The molecule has 1 aromatic carbocycles. The Hall–Kier alpha value is -2.08. The summed E-state index contributed by atoms with van der Waals surface area (Å²) in [5, 5.41) is 5.69. The van der Waals surface area contributed by atoms with Crippen LogP contribution in [0.1, 0.15) is 45.4 Å². The molecule has 0 radical (unpaired) electrons. The number of carbonyl (C=O) groups excluding carboxylic acids is 2. The van der Waals surface area contributed by atoms with E-state index in [1.165, 1.54) is 45.4 Å². The first kappa shape index (κ1) is 18.7. The average Bonchev–Trinajstić information content (AvgIpc) is 2.62. The number of ether oxygens (including phenoxy) is 1. The van der Waals surface area contributed by atoms with E-state index in [4.69, 9.17) is 4.74 Å². The molecule has 2 aliphatic rings. The highest BCUT2D eigenvalue weighted by Crippen LogP contribution is 2.35. The Bertz CT molecular complexity index is 660. The normalized spacial score (nSPS) is 23.0. The van der Waals surface area contributed by atoms with Crippen molar-refractivity contribution in [3.05, 3.63) is 18.2 Å². The van der Waals surface area contributed by atoms with Crippen molar-refractivity contribution in [2.24, 2.45) is 5.92 Å². The van der Waals surface area contributed by atoms with Crippen molar-refractivity contribution < 1.29 is 14.3 Å². The number of benzene rings is 1. The van der Waals surface area contributed by atoms with Gasteiger partial charge < -0.3 is 15.4 Å². The van der Waals surface area contributed by atoms with E-state index in [0.29, 0.717) is 29.7 Å². The van der Waals surface area contributed by atoms with Gasteiger partial charge in [0.25, 0.3) is 0 Å². The molecule has 1 saturated carbocycles. The number of piperidine rings is 1. The monoisotopic (exact) mass is 359 g/mol. The minimum atomic E-state index is -0.149. The molecule has 1 aromatic rings. The van der Waals surface area contributed by atoms with Crippen molar-refractivity contribution in [3.8, 4) is 5.75 Å². The first-order valence-electron chi connectivity index (χ1n) is 9.56. The highest BCUT2D eigenvalue weighted by atomic mass is 16.5. The van der Waals surface area contributed by atoms with Gasteiger partial charge in [-0.05, 0) is 56.3 Å². The summed E-state index contributed by atoms with van der Waals surface area (Å²) in [6, 6.07) is 5.79. The van der Waals surface area contributed by atoms with Crippen molar-refractivity contribution >= 4 is 23.2 Å². The molecule has 1 aliphatic heterocycles.